The number of aliphatic carboxylic acids is 1. The number of carbonyl (C=O) groups is 1. The molecule has 1 aliphatic rings. The molecule has 7 N–H and O–H groups in total. The highest BCUT2D eigenvalue weighted by molar-refractivity contribution is 5.88. The first-order chi connectivity index (χ1) is 16.5. The van der Waals surface area contributed by atoms with E-state index < -0.39 is 64.7 Å². The summed E-state index contributed by atoms with van der Waals surface area (Å²) in [7, 11) is 1.27. The summed E-state index contributed by atoms with van der Waals surface area (Å²) >= 11 is 0. The summed E-state index contributed by atoms with van der Waals surface area (Å²) < 4.78 is 21.3. The van der Waals surface area contributed by atoms with E-state index in [1.807, 2.05) is 0 Å². The summed E-state index contributed by atoms with van der Waals surface area (Å²) in [5.74, 6) is -4.04. The van der Waals surface area contributed by atoms with Crippen LogP contribution in [0, 0.1) is 0 Å². The van der Waals surface area contributed by atoms with Gasteiger partial charge in [-0.1, -0.05) is 0 Å². The molecule has 2 heterocycles. The van der Waals surface area contributed by atoms with Crippen LogP contribution in [0.5, 0.6) is 28.7 Å². The average Bonchev–Trinajstić information content (AvgIpc) is 2.80. The summed E-state index contributed by atoms with van der Waals surface area (Å²) in [6.45, 7) is 0. The van der Waals surface area contributed by atoms with Crippen molar-refractivity contribution in [2.24, 2.45) is 0 Å². The Morgan fingerprint density at radius 3 is 2.34 bits per heavy atom. The van der Waals surface area contributed by atoms with Crippen molar-refractivity contribution in [1.82, 2.24) is 0 Å². The van der Waals surface area contributed by atoms with Gasteiger partial charge in [0.15, 0.2) is 23.4 Å². The topological polar surface area (TPSA) is 217 Å². The Morgan fingerprint density at radius 1 is 0.971 bits per heavy atom. The van der Waals surface area contributed by atoms with Gasteiger partial charge in [0.1, 0.15) is 40.8 Å². The maximum atomic E-state index is 13.3. The van der Waals surface area contributed by atoms with Crippen LogP contribution in [0.25, 0.3) is 22.3 Å². The first kappa shape index (κ1) is 24.1. The van der Waals surface area contributed by atoms with Gasteiger partial charge >= 0.3 is 5.97 Å². The van der Waals surface area contributed by atoms with Gasteiger partial charge < -0.3 is 54.4 Å². The molecule has 0 saturated carbocycles. The summed E-state index contributed by atoms with van der Waals surface area (Å²) in [5, 5.41) is 69.1. The smallest absolute Gasteiger partial charge is 0.335 e. The first-order valence-electron chi connectivity index (χ1n) is 10.0. The molecule has 0 bridgehead atoms. The number of methoxy groups -OCH3 is 1. The second-order valence-corrected chi connectivity index (χ2v) is 7.67. The van der Waals surface area contributed by atoms with E-state index in [1.165, 1.54) is 25.3 Å². The molecular formula is C22H20O13. The third-order valence-electron chi connectivity index (χ3n) is 5.41. The third-order valence-corrected chi connectivity index (χ3v) is 5.41. The Morgan fingerprint density at radius 2 is 1.69 bits per heavy atom. The minimum Gasteiger partial charge on any atom is -0.508 e. The van der Waals surface area contributed by atoms with Crippen molar-refractivity contribution < 1.29 is 59.2 Å². The van der Waals surface area contributed by atoms with Crippen LogP contribution in [0.4, 0.5) is 0 Å². The number of rotatable bonds is 5. The van der Waals surface area contributed by atoms with Gasteiger partial charge in [-0.25, -0.2) is 4.79 Å². The van der Waals surface area contributed by atoms with Crippen LogP contribution < -0.4 is 14.9 Å². The molecule has 35 heavy (non-hydrogen) atoms. The number of phenols is 3. The van der Waals surface area contributed by atoms with Crippen molar-refractivity contribution in [3.63, 3.8) is 0 Å². The Balaban J connectivity index is 1.92. The van der Waals surface area contributed by atoms with Crippen LogP contribution in [0.1, 0.15) is 0 Å². The van der Waals surface area contributed by atoms with E-state index in [9.17, 15) is 45.3 Å². The van der Waals surface area contributed by atoms with E-state index in [-0.39, 0.29) is 28.4 Å². The van der Waals surface area contributed by atoms with Gasteiger partial charge in [-0.05, 0) is 18.2 Å². The number of hydrogen-bond acceptors (Lipinski definition) is 12. The molecule has 13 heteroatoms. The monoisotopic (exact) mass is 492 g/mol. The van der Waals surface area contributed by atoms with Crippen molar-refractivity contribution in [3.8, 4) is 40.1 Å². The molecule has 0 amide bonds. The number of aliphatic hydroxyl groups is 3. The van der Waals surface area contributed by atoms with Crippen molar-refractivity contribution in [3.05, 3.63) is 40.6 Å². The zero-order valence-corrected chi connectivity index (χ0v) is 17.9. The summed E-state index contributed by atoms with van der Waals surface area (Å²) in [5.41, 5.74) is -1.17. The predicted molar refractivity (Wildman–Crippen MR) is 114 cm³/mol. The lowest BCUT2D eigenvalue weighted by molar-refractivity contribution is -0.271. The van der Waals surface area contributed by atoms with Gasteiger partial charge in [-0.15, -0.1) is 0 Å². The maximum Gasteiger partial charge on any atom is 0.335 e. The summed E-state index contributed by atoms with van der Waals surface area (Å²) in [6, 6.07) is 5.72. The Bertz CT molecular complexity index is 1350. The van der Waals surface area contributed by atoms with Gasteiger partial charge in [0.25, 0.3) is 0 Å². The number of aliphatic hydroxyl groups excluding tert-OH is 3. The van der Waals surface area contributed by atoms with E-state index in [1.54, 1.807) is 0 Å². The van der Waals surface area contributed by atoms with E-state index in [4.69, 9.17) is 18.6 Å². The number of carboxylic acid groups (broad SMARTS) is 1. The average molecular weight is 492 g/mol. The normalized spacial score (nSPS) is 24.3. The molecule has 0 radical (unpaired) electrons. The first-order valence-corrected chi connectivity index (χ1v) is 10.0. The van der Waals surface area contributed by atoms with Crippen molar-refractivity contribution in [1.29, 1.82) is 0 Å². The Hall–Kier alpha value is -4.04. The lowest BCUT2D eigenvalue weighted by Crippen LogP contribution is -2.61. The molecule has 1 saturated heterocycles. The number of hydrogen-bond donors (Lipinski definition) is 7. The molecule has 0 aliphatic carbocycles. The van der Waals surface area contributed by atoms with Gasteiger partial charge in [0, 0.05) is 17.7 Å². The molecule has 1 aliphatic heterocycles. The molecule has 5 atom stereocenters. The van der Waals surface area contributed by atoms with Crippen molar-refractivity contribution >= 4 is 16.9 Å². The molecule has 13 nitrogen and oxygen atoms in total. The minimum atomic E-state index is -2.01. The molecule has 3 aromatic rings. The van der Waals surface area contributed by atoms with E-state index >= 15 is 0 Å². The lowest BCUT2D eigenvalue weighted by Gasteiger charge is -2.38. The molecule has 1 unspecified atom stereocenters. The second-order valence-electron chi connectivity index (χ2n) is 7.67. The highest BCUT2D eigenvalue weighted by Gasteiger charge is 2.48. The Labute approximate surface area is 195 Å². The van der Waals surface area contributed by atoms with Crippen LogP contribution in [-0.2, 0) is 9.53 Å². The molecule has 2 aromatic carbocycles. The highest BCUT2D eigenvalue weighted by Crippen LogP contribution is 2.39. The largest absolute Gasteiger partial charge is 0.508 e. The second kappa shape index (κ2) is 8.96. The minimum absolute atomic E-state index is 0.0200. The standard InChI is InChI=1S/C22H20O13/c1-32-11-4-7(2-3-9(11)24)18-19(14(26)13-10(25)5-8(23)6-12(13)33-18)34-22-17(29)15(27)16(28)20(35-22)21(30)31/h2-6,15-17,20,22-25,27-29H,1H3,(H,30,31)/t15-,16-,17+,20-,22?/m0/s1. The van der Waals surface area contributed by atoms with Crippen molar-refractivity contribution in [2.45, 2.75) is 30.7 Å². The SMILES string of the molecule is COc1cc(-c2oc3cc(O)cc(O)c3c(=O)c2OC2O[C@H](C(=O)O)[C@@H](O)[C@H](O)[C@H]2O)ccc1O. The van der Waals surface area contributed by atoms with E-state index in [0.717, 1.165) is 12.1 Å². The van der Waals surface area contributed by atoms with Gasteiger partial charge in [0.2, 0.25) is 17.5 Å². The number of ether oxygens (including phenoxy) is 3. The quantitative estimate of drug-likeness (QED) is 0.247. The number of fused-ring (bicyclic) bond motifs is 1. The lowest BCUT2D eigenvalue weighted by atomic mass is 9.99. The van der Waals surface area contributed by atoms with Crippen molar-refractivity contribution in [2.75, 3.05) is 7.11 Å². The highest BCUT2D eigenvalue weighted by atomic mass is 16.7. The van der Waals surface area contributed by atoms with Crippen LogP contribution in [-0.4, -0.2) is 79.5 Å². The van der Waals surface area contributed by atoms with Crippen LogP contribution in [0.3, 0.4) is 0 Å². The van der Waals surface area contributed by atoms with Crippen LogP contribution >= 0.6 is 0 Å². The number of phenolic OH excluding ortho intramolecular Hbond substituents is 3. The fourth-order valence-electron chi connectivity index (χ4n) is 3.65. The predicted octanol–water partition coefficient (Wildman–Crippen LogP) is -0.144. The van der Waals surface area contributed by atoms with Gasteiger partial charge in [-0.2, -0.15) is 0 Å². The number of benzene rings is 2. The van der Waals surface area contributed by atoms with Crippen LogP contribution in [0.2, 0.25) is 0 Å². The fraction of sp³-hybridized carbons (Fsp3) is 0.273. The molecule has 186 valence electrons. The number of aromatic hydroxyl groups is 3. The Kier molecular flexibility index (Phi) is 6.17. The molecule has 0 spiro atoms. The van der Waals surface area contributed by atoms with E-state index in [0.29, 0.717) is 0 Å². The zero-order chi connectivity index (χ0) is 25.6. The summed E-state index contributed by atoms with van der Waals surface area (Å²) in [6.07, 6.45) is -9.97. The molecule has 4 rings (SSSR count). The fourth-order valence-corrected chi connectivity index (χ4v) is 3.65. The maximum absolute atomic E-state index is 13.3. The molecule has 1 fully saturated rings. The zero-order valence-electron chi connectivity index (χ0n) is 17.9. The summed E-state index contributed by atoms with van der Waals surface area (Å²) in [4.78, 5) is 24.8. The van der Waals surface area contributed by atoms with Gasteiger partial charge in [-0.3, -0.25) is 4.79 Å². The molecule has 1 aromatic heterocycles. The number of carboxylic acids is 1. The van der Waals surface area contributed by atoms with E-state index in [2.05, 4.69) is 0 Å². The third kappa shape index (κ3) is 4.17. The molecular weight excluding hydrogens is 472 g/mol. The van der Waals surface area contributed by atoms with Gasteiger partial charge in [0.05, 0.1) is 7.11 Å². The van der Waals surface area contributed by atoms with Crippen LogP contribution in [0.15, 0.2) is 39.5 Å².